The molecule has 0 saturated carbocycles. The number of hydrogen-bond acceptors (Lipinski definition) is 8. The van der Waals surface area contributed by atoms with Gasteiger partial charge in [-0.2, -0.15) is 23.3 Å². The van der Waals surface area contributed by atoms with Crippen molar-refractivity contribution in [1.82, 2.24) is 4.98 Å². The molecule has 0 fully saturated rings. The molecule has 7 nitrogen and oxygen atoms in total. The summed E-state index contributed by atoms with van der Waals surface area (Å²) in [4.78, 5) is 15.5. The van der Waals surface area contributed by atoms with Gasteiger partial charge in [0.05, 0.1) is 18.7 Å². The lowest BCUT2D eigenvalue weighted by molar-refractivity contribution is -0.254. The molecule has 2 N–H and O–H groups in total. The second-order valence-corrected chi connectivity index (χ2v) is 6.44. The number of carbonyl (C=O) groups excluding carboxylic acids is 1. The molecule has 11 heteroatoms. The first-order valence-electron chi connectivity index (χ1n) is 7.75. The smallest absolute Gasteiger partial charge is 0.438 e. The van der Waals surface area contributed by atoms with Crippen LogP contribution < -0.4 is 5.01 Å². The molecule has 2 heterocycles. The lowest BCUT2D eigenvalue weighted by Gasteiger charge is -2.32. The van der Waals surface area contributed by atoms with Gasteiger partial charge in [-0.15, -0.1) is 11.3 Å². The number of benzene rings is 1. The molecule has 1 atom stereocenters. The van der Waals surface area contributed by atoms with E-state index in [-0.39, 0.29) is 34.5 Å². The van der Waals surface area contributed by atoms with Crippen molar-refractivity contribution < 1.29 is 32.9 Å². The summed E-state index contributed by atoms with van der Waals surface area (Å²) < 4.78 is 45.6. The summed E-state index contributed by atoms with van der Waals surface area (Å²) in [6, 6.07) is 5.72. The van der Waals surface area contributed by atoms with Gasteiger partial charge in [-0.1, -0.05) is 12.1 Å². The van der Waals surface area contributed by atoms with Crippen molar-refractivity contribution in [2.24, 2.45) is 5.10 Å². The number of hydrogen-bond donors (Lipinski definition) is 2. The van der Waals surface area contributed by atoms with E-state index in [0.717, 1.165) is 0 Å². The molecule has 144 valence electrons. The maximum Gasteiger partial charge on any atom is 0.438 e. The molecule has 0 aliphatic carbocycles. The molecule has 0 saturated heterocycles. The number of nitrogens with zero attached hydrogens (tertiary/aromatic N) is 3. The maximum absolute atomic E-state index is 13.6. The van der Waals surface area contributed by atoms with Gasteiger partial charge in [-0.3, -0.25) is 0 Å². The third-order valence-electron chi connectivity index (χ3n) is 3.81. The van der Waals surface area contributed by atoms with E-state index in [2.05, 4.69) is 10.1 Å². The third kappa shape index (κ3) is 3.35. The molecular weight excluding hydrogens is 387 g/mol. The van der Waals surface area contributed by atoms with E-state index in [0.29, 0.717) is 16.3 Å². The van der Waals surface area contributed by atoms with Crippen molar-refractivity contribution in [1.29, 1.82) is 0 Å². The first-order valence-corrected chi connectivity index (χ1v) is 8.63. The highest BCUT2D eigenvalue weighted by atomic mass is 32.1. The van der Waals surface area contributed by atoms with E-state index < -0.39 is 24.3 Å². The number of ether oxygens (including phenoxy) is 1. The molecule has 0 spiro atoms. The van der Waals surface area contributed by atoms with Crippen LogP contribution in [0.3, 0.4) is 0 Å². The van der Waals surface area contributed by atoms with E-state index in [4.69, 9.17) is 4.74 Å². The Hall–Kier alpha value is -2.66. The van der Waals surface area contributed by atoms with Crippen LogP contribution >= 0.6 is 11.3 Å². The van der Waals surface area contributed by atoms with Crippen LogP contribution in [0.25, 0.3) is 0 Å². The quantitative estimate of drug-likeness (QED) is 0.765. The second kappa shape index (κ2) is 6.82. The van der Waals surface area contributed by atoms with Crippen LogP contribution in [0.4, 0.5) is 18.3 Å². The number of aliphatic hydroxyl groups is 1. The van der Waals surface area contributed by atoms with Crippen LogP contribution in [0.5, 0.6) is 5.75 Å². The summed E-state index contributed by atoms with van der Waals surface area (Å²) in [5.74, 6) is -1.06. The largest absolute Gasteiger partial charge is 0.507 e. The number of thiazole rings is 1. The number of anilines is 1. The van der Waals surface area contributed by atoms with E-state index in [1.54, 1.807) is 6.92 Å². The Morgan fingerprint density at radius 1 is 1.41 bits per heavy atom. The van der Waals surface area contributed by atoms with Crippen LogP contribution in [-0.4, -0.2) is 45.4 Å². The number of halogens is 3. The number of hydrazone groups is 1. The van der Waals surface area contributed by atoms with Gasteiger partial charge in [0.15, 0.2) is 5.69 Å². The van der Waals surface area contributed by atoms with Gasteiger partial charge < -0.3 is 14.9 Å². The van der Waals surface area contributed by atoms with Crippen LogP contribution in [0.1, 0.15) is 29.4 Å². The standard InChI is InChI=1S/C16H14F3N3O4S/c1-2-26-13(24)11-8-27-14(20-11)22-15(25,16(17,18)19)7-10(21-22)9-5-3-4-6-12(9)23/h3-6,8,23,25H,2,7H2,1H3. The molecule has 1 aromatic carbocycles. The van der Waals surface area contributed by atoms with E-state index in [1.807, 2.05) is 0 Å². The molecule has 1 unspecified atom stereocenters. The second-order valence-electron chi connectivity index (χ2n) is 5.60. The Kier molecular flexibility index (Phi) is 4.82. The first kappa shape index (κ1) is 19.1. The minimum absolute atomic E-state index is 0.0600. The lowest BCUT2D eigenvalue weighted by atomic mass is 10.0. The molecule has 2 aromatic rings. The highest BCUT2D eigenvalue weighted by Crippen LogP contribution is 2.45. The molecule has 27 heavy (non-hydrogen) atoms. The van der Waals surface area contributed by atoms with Crippen molar-refractivity contribution in [2.75, 3.05) is 11.6 Å². The molecule has 1 aromatic heterocycles. The molecule has 1 aliphatic rings. The number of phenolic OH excluding ortho intramolecular Hbond substituents is 1. The maximum atomic E-state index is 13.6. The third-order valence-corrected chi connectivity index (χ3v) is 4.63. The fourth-order valence-corrected chi connectivity index (χ4v) is 3.30. The monoisotopic (exact) mass is 401 g/mol. The zero-order valence-corrected chi connectivity index (χ0v) is 14.7. The Morgan fingerprint density at radius 2 is 2.11 bits per heavy atom. The molecule has 1 aliphatic heterocycles. The van der Waals surface area contributed by atoms with Gasteiger partial charge in [0.25, 0.3) is 5.72 Å². The summed E-state index contributed by atoms with van der Waals surface area (Å²) in [6.45, 7) is 1.66. The van der Waals surface area contributed by atoms with Crippen LogP contribution in [0, 0.1) is 0 Å². The number of aromatic nitrogens is 1. The Labute approximate surface area is 155 Å². The number of esters is 1. The zero-order valence-electron chi connectivity index (χ0n) is 13.9. The number of phenols is 1. The van der Waals surface area contributed by atoms with Crippen LogP contribution in [0.2, 0.25) is 0 Å². The van der Waals surface area contributed by atoms with Crippen LogP contribution in [0.15, 0.2) is 34.7 Å². The Balaban J connectivity index is 2.04. The average molecular weight is 401 g/mol. The normalized spacial score (nSPS) is 19.9. The number of aromatic hydroxyl groups is 1. The number of rotatable bonds is 4. The Bertz CT molecular complexity index is 899. The number of alkyl halides is 3. The van der Waals surface area contributed by atoms with E-state index in [1.165, 1.54) is 29.6 Å². The van der Waals surface area contributed by atoms with Gasteiger partial charge in [-0.05, 0) is 19.1 Å². The fourth-order valence-electron chi connectivity index (χ4n) is 2.50. The zero-order chi connectivity index (χ0) is 19.8. The predicted octanol–water partition coefficient (Wildman–Crippen LogP) is 2.89. The SMILES string of the molecule is CCOC(=O)c1csc(N2N=C(c3ccccc3O)CC2(O)C(F)(F)F)n1. The number of carbonyl (C=O) groups is 1. The number of para-hydroxylation sites is 1. The van der Waals surface area contributed by atoms with Gasteiger partial charge in [0, 0.05) is 10.9 Å². The molecule has 3 rings (SSSR count). The molecular formula is C16H14F3N3O4S. The first-order chi connectivity index (χ1) is 12.7. The van der Waals surface area contributed by atoms with Crippen molar-refractivity contribution >= 4 is 28.1 Å². The fraction of sp³-hybridized carbons (Fsp3) is 0.312. The van der Waals surface area contributed by atoms with Gasteiger partial charge >= 0.3 is 12.1 Å². The minimum atomic E-state index is -5.07. The molecule has 0 bridgehead atoms. The predicted molar refractivity (Wildman–Crippen MR) is 90.8 cm³/mol. The van der Waals surface area contributed by atoms with Gasteiger partial charge in [0.1, 0.15) is 5.75 Å². The summed E-state index contributed by atoms with van der Waals surface area (Å²) in [7, 11) is 0. The van der Waals surface area contributed by atoms with Crippen LogP contribution in [-0.2, 0) is 4.74 Å². The molecule has 0 amide bonds. The van der Waals surface area contributed by atoms with E-state index >= 15 is 0 Å². The summed E-state index contributed by atoms with van der Waals surface area (Å²) in [5, 5.41) is 25.3. The summed E-state index contributed by atoms with van der Waals surface area (Å²) >= 11 is 0.705. The average Bonchev–Trinajstić information content (AvgIpc) is 3.20. The highest BCUT2D eigenvalue weighted by molar-refractivity contribution is 7.14. The van der Waals surface area contributed by atoms with Gasteiger partial charge in [-0.25, -0.2) is 9.78 Å². The molecule has 0 radical (unpaired) electrons. The van der Waals surface area contributed by atoms with Crippen molar-refractivity contribution in [3.63, 3.8) is 0 Å². The van der Waals surface area contributed by atoms with Crippen molar-refractivity contribution in [3.8, 4) is 5.75 Å². The Morgan fingerprint density at radius 3 is 2.74 bits per heavy atom. The summed E-state index contributed by atoms with van der Waals surface area (Å²) in [5.41, 5.74) is -3.66. The summed E-state index contributed by atoms with van der Waals surface area (Å²) in [6.07, 6.45) is -5.99. The topological polar surface area (TPSA) is 95.2 Å². The van der Waals surface area contributed by atoms with Crippen molar-refractivity contribution in [2.45, 2.75) is 25.2 Å². The van der Waals surface area contributed by atoms with Gasteiger partial charge in [0.2, 0.25) is 5.13 Å². The lowest BCUT2D eigenvalue weighted by Crippen LogP contribution is -2.55. The highest BCUT2D eigenvalue weighted by Gasteiger charge is 2.62. The van der Waals surface area contributed by atoms with E-state index in [9.17, 15) is 28.2 Å². The minimum Gasteiger partial charge on any atom is -0.507 e. The van der Waals surface area contributed by atoms with Crippen molar-refractivity contribution in [3.05, 3.63) is 40.9 Å².